The molecule has 0 amide bonds. The van der Waals surface area contributed by atoms with Gasteiger partial charge in [0.1, 0.15) is 11.5 Å². The number of aliphatic imine (C=N–C) groups is 2. The largest absolute Gasteiger partial charge is 0.419 e. The third-order valence-corrected chi connectivity index (χ3v) is 4.23. The highest BCUT2D eigenvalue weighted by molar-refractivity contribution is 6.47. The van der Waals surface area contributed by atoms with Gasteiger partial charge in [0, 0.05) is 38.1 Å². The van der Waals surface area contributed by atoms with Gasteiger partial charge in [0.2, 0.25) is 0 Å². The maximum absolute atomic E-state index is 14.0. The van der Waals surface area contributed by atoms with E-state index in [4.69, 9.17) is 0 Å². The summed E-state index contributed by atoms with van der Waals surface area (Å²) in [5.41, 5.74) is -0.775. The van der Waals surface area contributed by atoms with Gasteiger partial charge in [-0.3, -0.25) is 0 Å². The highest BCUT2D eigenvalue weighted by atomic mass is 19.4. The average molecular weight is 366 g/mol. The summed E-state index contributed by atoms with van der Waals surface area (Å²) in [6.45, 7) is 4.45. The van der Waals surface area contributed by atoms with Crippen molar-refractivity contribution < 1.29 is 17.6 Å². The molecule has 1 aromatic rings. The van der Waals surface area contributed by atoms with Crippen LogP contribution in [-0.2, 0) is 6.18 Å². The molecule has 0 saturated carbocycles. The van der Waals surface area contributed by atoms with E-state index in [-0.39, 0.29) is 11.4 Å². The molecular formula is C16H14F4N6. The summed E-state index contributed by atoms with van der Waals surface area (Å²) < 4.78 is 53.3. The van der Waals surface area contributed by atoms with Gasteiger partial charge in [-0.2, -0.15) is 13.2 Å². The van der Waals surface area contributed by atoms with E-state index >= 15 is 0 Å². The Morgan fingerprint density at radius 2 is 1.85 bits per heavy atom. The zero-order valence-electron chi connectivity index (χ0n) is 13.7. The number of hydrogen-bond donors (Lipinski definition) is 1. The maximum Gasteiger partial charge on any atom is 0.419 e. The van der Waals surface area contributed by atoms with Gasteiger partial charge in [-0.1, -0.05) is 0 Å². The smallest absolute Gasteiger partial charge is 0.351 e. The van der Waals surface area contributed by atoms with Crippen LogP contribution < -0.4 is 10.3 Å². The van der Waals surface area contributed by atoms with Crippen LogP contribution in [0.15, 0.2) is 32.9 Å². The van der Waals surface area contributed by atoms with E-state index in [1.54, 1.807) is 6.92 Å². The van der Waals surface area contributed by atoms with E-state index in [1.807, 2.05) is 4.90 Å². The number of nitrogens with zero attached hydrogens (tertiary/aromatic N) is 5. The molecule has 10 heteroatoms. The monoisotopic (exact) mass is 366 g/mol. The summed E-state index contributed by atoms with van der Waals surface area (Å²) in [6.07, 6.45) is -4.82. The lowest BCUT2D eigenvalue weighted by atomic mass is 10.1. The van der Waals surface area contributed by atoms with Crippen molar-refractivity contribution in [3.05, 3.63) is 29.2 Å². The van der Waals surface area contributed by atoms with Gasteiger partial charge in [0.15, 0.2) is 11.7 Å². The predicted molar refractivity (Wildman–Crippen MR) is 89.5 cm³/mol. The first-order valence-electron chi connectivity index (χ1n) is 7.99. The molecule has 26 heavy (non-hydrogen) atoms. The molecule has 1 aromatic carbocycles. The fraction of sp³-hybridized carbons (Fsp3) is 0.375. The highest BCUT2D eigenvalue weighted by Gasteiger charge is 2.38. The molecule has 1 saturated heterocycles. The molecule has 3 aliphatic rings. The normalized spacial score (nSPS) is 19.5. The Bertz CT molecular complexity index is 889. The lowest BCUT2D eigenvalue weighted by Crippen LogP contribution is -2.52. The van der Waals surface area contributed by atoms with Crippen molar-refractivity contribution in [1.82, 2.24) is 10.2 Å². The highest BCUT2D eigenvalue weighted by Crippen LogP contribution is 2.41. The number of alkyl halides is 3. The van der Waals surface area contributed by atoms with Crippen LogP contribution in [0, 0.1) is 5.82 Å². The molecule has 1 N–H and O–H groups in total. The Morgan fingerprint density at radius 3 is 2.54 bits per heavy atom. The second-order valence-corrected chi connectivity index (χ2v) is 6.04. The molecule has 0 spiro atoms. The minimum atomic E-state index is -4.82. The van der Waals surface area contributed by atoms with E-state index in [2.05, 4.69) is 26.3 Å². The second-order valence-electron chi connectivity index (χ2n) is 6.04. The quantitative estimate of drug-likeness (QED) is 0.718. The van der Waals surface area contributed by atoms with Crippen LogP contribution in [0.3, 0.4) is 0 Å². The SMILES string of the molecule is CC1=C=NN2C(=N1)C(N1CCNCC1)=Nc1cc(F)c(C(F)(F)F)cc12. The van der Waals surface area contributed by atoms with Crippen molar-refractivity contribution in [2.24, 2.45) is 15.1 Å². The van der Waals surface area contributed by atoms with Crippen LogP contribution in [0.4, 0.5) is 28.9 Å². The first kappa shape index (κ1) is 16.7. The topological polar surface area (TPSA) is 55.6 Å². The second kappa shape index (κ2) is 5.93. The first-order chi connectivity index (χ1) is 12.3. The third-order valence-electron chi connectivity index (χ3n) is 4.23. The molecule has 3 aliphatic heterocycles. The first-order valence-corrected chi connectivity index (χ1v) is 7.99. The van der Waals surface area contributed by atoms with Crippen molar-refractivity contribution in [1.29, 1.82) is 0 Å². The Kier molecular flexibility index (Phi) is 3.82. The molecule has 0 aliphatic carbocycles. The molecule has 1 fully saturated rings. The molecule has 0 aromatic heterocycles. The summed E-state index contributed by atoms with van der Waals surface area (Å²) in [6, 6.07) is 1.50. The predicted octanol–water partition coefficient (Wildman–Crippen LogP) is 2.50. The van der Waals surface area contributed by atoms with Crippen molar-refractivity contribution in [2.75, 3.05) is 31.2 Å². The van der Waals surface area contributed by atoms with E-state index in [0.29, 0.717) is 36.5 Å². The van der Waals surface area contributed by atoms with Crippen molar-refractivity contribution in [3.8, 4) is 0 Å². The van der Waals surface area contributed by atoms with Crippen LogP contribution in [0.5, 0.6) is 0 Å². The van der Waals surface area contributed by atoms with Crippen LogP contribution in [0.1, 0.15) is 12.5 Å². The number of halogens is 4. The lowest BCUT2D eigenvalue weighted by Gasteiger charge is -2.36. The van der Waals surface area contributed by atoms with E-state index in [9.17, 15) is 17.6 Å². The summed E-state index contributed by atoms with van der Waals surface area (Å²) >= 11 is 0. The Labute approximate surface area is 146 Å². The molecule has 0 unspecified atom stereocenters. The molecule has 0 bridgehead atoms. The number of nitrogens with one attached hydrogen (secondary N) is 1. The summed E-state index contributed by atoms with van der Waals surface area (Å²) in [5.74, 6) is 2.05. The summed E-state index contributed by atoms with van der Waals surface area (Å²) in [7, 11) is 0. The van der Waals surface area contributed by atoms with Crippen molar-refractivity contribution >= 4 is 28.9 Å². The molecule has 6 nitrogen and oxygen atoms in total. The number of rotatable bonds is 0. The molecule has 0 atom stereocenters. The zero-order valence-corrected chi connectivity index (χ0v) is 13.7. The number of piperazine rings is 1. The number of anilines is 1. The van der Waals surface area contributed by atoms with E-state index < -0.39 is 17.6 Å². The van der Waals surface area contributed by atoms with Gasteiger partial charge in [-0.05, 0) is 13.0 Å². The molecule has 3 heterocycles. The molecular weight excluding hydrogens is 352 g/mol. The Balaban J connectivity index is 1.89. The zero-order chi connectivity index (χ0) is 18.5. The van der Waals surface area contributed by atoms with E-state index in [0.717, 1.165) is 19.2 Å². The van der Waals surface area contributed by atoms with Gasteiger partial charge < -0.3 is 10.2 Å². The van der Waals surface area contributed by atoms with Gasteiger partial charge in [-0.25, -0.2) is 19.4 Å². The van der Waals surface area contributed by atoms with Gasteiger partial charge in [0.25, 0.3) is 0 Å². The standard InChI is InChI=1S/C16H14F4N6/c1-9-8-22-26-13-6-10(16(18,19)20)11(17)7-12(13)24-14(15(26)23-9)25-4-2-21-3-5-25/h6-7,21H,2-5H2,1H3. The molecule has 0 radical (unpaired) electrons. The Hall–Kier alpha value is -2.71. The van der Waals surface area contributed by atoms with Crippen molar-refractivity contribution in [2.45, 2.75) is 13.1 Å². The fourth-order valence-corrected chi connectivity index (χ4v) is 2.99. The van der Waals surface area contributed by atoms with Crippen LogP contribution in [0.25, 0.3) is 0 Å². The lowest BCUT2D eigenvalue weighted by molar-refractivity contribution is -0.139. The maximum atomic E-state index is 14.0. The Morgan fingerprint density at radius 1 is 1.12 bits per heavy atom. The van der Waals surface area contributed by atoms with Gasteiger partial charge >= 0.3 is 6.18 Å². The number of hydrogen-bond acceptors (Lipinski definition) is 6. The molecule has 136 valence electrons. The average Bonchev–Trinajstić information content (AvgIpc) is 2.60. The minimum absolute atomic E-state index is 0.0244. The number of fused-ring (bicyclic) bond motifs is 3. The number of amidine groups is 2. The van der Waals surface area contributed by atoms with Crippen LogP contribution in [0.2, 0.25) is 0 Å². The number of benzene rings is 1. The van der Waals surface area contributed by atoms with Gasteiger partial charge in [0.05, 0.1) is 16.9 Å². The van der Waals surface area contributed by atoms with Crippen LogP contribution >= 0.6 is 0 Å². The van der Waals surface area contributed by atoms with E-state index in [1.165, 1.54) is 5.01 Å². The van der Waals surface area contributed by atoms with Crippen molar-refractivity contribution in [3.63, 3.8) is 0 Å². The fourth-order valence-electron chi connectivity index (χ4n) is 2.99. The minimum Gasteiger partial charge on any atom is -0.351 e. The number of hydrazone groups is 1. The van der Waals surface area contributed by atoms with Gasteiger partial charge in [-0.15, -0.1) is 5.10 Å². The third kappa shape index (κ3) is 2.77. The summed E-state index contributed by atoms with van der Waals surface area (Å²) in [4.78, 5) is 10.7. The molecule has 4 rings (SSSR count). The number of allylic oxidation sites excluding steroid dienone is 1. The van der Waals surface area contributed by atoms with Crippen LogP contribution in [-0.4, -0.2) is 48.6 Å². The summed E-state index contributed by atoms with van der Waals surface area (Å²) in [5, 5.41) is 8.52.